The second-order valence-electron chi connectivity index (χ2n) is 3.78. The average molecular weight is 286 g/mol. The lowest BCUT2D eigenvalue weighted by molar-refractivity contribution is 0.122. The van der Waals surface area contributed by atoms with Gasteiger partial charge < -0.3 is 9.64 Å². The number of hydrogen-bond donors (Lipinski definition) is 0. The zero-order valence-corrected chi connectivity index (χ0v) is 10.8. The summed E-state index contributed by atoms with van der Waals surface area (Å²) >= 11 is 11.7. The molecule has 0 aromatic carbocycles. The van der Waals surface area contributed by atoms with E-state index in [9.17, 15) is 0 Å². The normalized spacial score (nSPS) is 16.2. The summed E-state index contributed by atoms with van der Waals surface area (Å²) in [6.45, 7) is 2.80. The molecule has 94 valence electrons. The van der Waals surface area contributed by atoms with Gasteiger partial charge in [-0.2, -0.15) is 9.97 Å². The molecular weight excluding hydrogens is 277 g/mol. The zero-order chi connectivity index (χ0) is 12.5. The molecular formula is C10H9Cl2N5O. The Bertz CT molecular complexity index is 582. The minimum absolute atomic E-state index is 0.139. The lowest BCUT2D eigenvalue weighted by atomic mass is 10.3. The lowest BCUT2D eigenvalue weighted by Gasteiger charge is -2.28. The first-order chi connectivity index (χ1) is 8.74. The van der Waals surface area contributed by atoms with Gasteiger partial charge in [0.15, 0.2) is 17.0 Å². The van der Waals surface area contributed by atoms with Crippen LogP contribution in [0.2, 0.25) is 10.4 Å². The minimum atomic E-state index is 0.139. The van der Waals surface area contributed by atoms with Crippen molar-refractivity contribution in [1.82, 2.24) is 19.9 Å². The van der Waals surface area contributed by atoms with E-state index >= 15 is 0 Å². The molecule has 6 nitrogen and oxygen atoms in total. The van der Waals surface area contributed by atoms with Gasteiger partial charge in [0.1, 0.15) is 5.15 Å². The van der Waals surface area contributed by atoms with Gasteiger partial charge in [0.25, 0.3) is 0 Å². The third kappa shape index (κ3) is 2.19. The van der Waals surface area contributed by atoms with Crippen LogP contribution in [0.4, 0.5) is 5.82 Å². The summed E-state index contributed by atoms with van der Waals surface area (Å²) in [6, 6.07) is 0. The van der Waals surface area contributed by atoms with E-state index in [1.54, 1.807) is 0 Å². The predicted octanol–water partition coefficient (Wildman–Crippen LogP) is 1.56. The first-order valence-corrected chi connectivity index (χ1v) is 6.18. The highest BCUT2D eigenvalue weighted by atomic mass is 35.5. The summed E-state index contributed by atoms with van der Waals surface area (Å²) < 4.78 is 5.31. The first kappa shape index (κ1) is 11.8. The molecule has 2 aromatic heterocycles. The highest BCUT2D eigenvalue weighted by Crippen LogP contribution is 2.24. The largest absolute Gasteiger partial charge is 0.378 e. The van der Waals surface area contributed by atoms with Crippen LogP contribution in [0.3, 0.4) is 0 Å². The van der Waals surface area contributed by atoms with Crippen molar-refractivity contribution in [1.29, 1.82) is 0 Å². The number of fused-ring (bicyclic) bond motifs is 1. The molecule has 2 aromatic rings. The van der Waals surface area contributed by atoms with Gasteiger partial charge >= 0.3 is 0 Å². The van der Waals surface area contributed by atoms with E-state index in [0.29, 0.717) is 30.2 Å². The number of hydrogen-bond acceptors (Lipinski definition) is 6. The van der Waals surface area contributed by atoms with Gasteiger partial charge in [0, 0.05) is 13.1 Å². The van der Waals surface area contributed by atoms with Crippen LogP contribution in [-0.2, 0) is 4.74 Å². The highest BCUT2D eigenvalue weighted by molar-refractivity contribution is 6.30. The van der Waals surface area contributed by atoms with Crippen molar-refractivity contribution < 1.29 is 4.74 Å². The molecule has 1 aliphatic rings. The predicted molar refractivity (Wildman–Crippen MR) is 68.2 cm³/mol. The Morgan fingerprint density at radius 1 is 1.11 bits per heavy atom. The molecule has 1 aliphatic heterocycles. The van der Waals surface area contributed by atoms with Crippen molar-refractivity contribution >= 4 is 40.2 Å². The Hall–Kier alpha value is -1.24. The quantitative estimate of drug-likeness (QED) is 0.741. The monoisotopic (exact) mass is 285 g/mol. The molecule has 18 heavy (non-hydrogen) atoms. The number of rotatable bonds is 1. The van der Waals surface area contributed by atoms with Gasteiger partial charge in [-0.15, -0.1) is 0 Å². The van der Waals surface area contributed by atoms with Crippen LogP contribution in [0.15, 0.2) is 6.20 Å². The molecule has 0 radical (unpaired) electrons. The molecule has 3 heterocycles. The second-order valence-corrected chi connectivity index (χ2v) is 4.51. The topological polar surface area (TPSA) is 64.0 Å². The molecule has 0 N–H and O–H groups in total. The van der Waals surface area contributed by atoms with Gasteiger partial charge in [-0.3, -0.25) is 0 Å². The molecule has 8 heteroatoms. The van der Waals surface area contributed by atoms with Crippen molar-refractivity contribution in [3.05, 3.63) is 16.6 Å². The maximum Gasteiger partial charge on any atom is 0.226 e. The van der Waals surface area contributed by atoms with Gasteiger partial charge in [-0.05, 0) is 11.6 Å². The Labute approximate surface area is 113 Å². The number of halogens is 2. The van der Waals surface area contributed by atoms with Crippen molar-refractivity contribution in [3.63, 3.8) is 0 Å². The molecule has 3 rings (SSSR count). The summed E-state index contributed by atoms with van der Waals surface area (Å²) in [7, 11) is 0. The van der Waals surface area contributed by atoms with Crippen LogP contribution in [-0.4, -0.2) is 46.2 Å². The average Bonchev–Trinajstić information content (AvgIpc) is 2.38. The van der Waals surface area contributed by atoms with E-state index in [2.05, 4.69) is 24.8 Å². The molecule has 0 amide bonds. The summed E-state index contributed by atoms with van der Waals surface area (Å²) in [5.41, 5.74) is 1.01. The Morgan fingerprint density at radius 2 is 1.89 bits per heavy atom. The number of nitrogens with zero attached hydrogens (tertiary/aromatic N) is 5. The third-order valence-electron chi connectivity index (χ3n) is 2.64. The van der Waals surface area contributed by atoms with Crippen molar-refractivity contribution in [2.75, 3.05) is 31.2 Å². The van der Waals surface area contributed by atoms with Gasteiger partial charge in [0.05, 0.1) is 19.4 Å². The molecule has 1 fully saturated rings. The van der Waals surface area contributed by atoms with Gasteiger partial charge in [-0.25, -0.2) is 9.97 Å². The standard InChI is InChI=1S/C10H9Cl2N5O/c11-6-5-13-7-8(14-6)15-10(12)16-9(7)17-1-3-18-4-2-17/h5H,1-4H2. The molecule has 0 atom stereocenters. The van der Waals surface area contributed by atoms with Crippen LogP contribution >= 0.6 is 23.2 Å². The van der Waals surface area contributed by atoms with Crippen LogP contribution in [0, 0.1) is 0 Å². The molecule has 0 saturated carbocycles. The van der Waals surface area contributed by atoms with Crippen LogP contribution in [0.25, 0.3) is 11.2 Å². The number of anilines is 1. The van der Waals surface area contributed by atoms with E-state index in [1.165, 1.54) is 6.20 Å². The van der Waals surface area contributed by atoms with E-state index < -0.39 is 0 Å². The maximum atomic E-state index is 5.90. The van der Waals surface area contributed by atoms with Gasteiger partial charge in [0.2, 0.25) is 5.28 Å². The highest BCUT2D eigenvalue weighted by Gasteiger charge is 2.18. The summed E-state index contributed by atoms with van der Waals surface area (Å²) in [5, 5.41) is 0.422. The van der Waals surface area contributed by atoms with Crippen LogP contribution in [0.5, 0.6) is 0 Å². The molecule has 1 saturated heterocycles. The molecule has 0 aliphatic carbocycles. The van der Waals surface area contributed by atoms with E-state index in [0.717, 1.165) is 13.1 Å². The summed E-state index contributed by atoms with van der Waals surface area (Å²) in [5.74, 6) is 0.678. The lowest BCUT2D eigenvalue weighted by Crippen LogP contribution is -2.37. The summed E-state index contributed by atoms with van der Waals surface area (Å²) in [6.07, 6.45) is 1.48. The molecule has 0 unspecified atom stereocenters. The van der Waals surface area contributed by atoms with Crippen molar-refractivity contribution in [2.45, 2.75) is 0 Å². The number of aromatic nitrogens is 4. The fraction of sp³-hybridized carbons (Fsp3) is 0.400. The van der Waals surface area contributed by atoms with E-state index in [1.807, 2.05) is 0 Å². The van der Waals surface area contributed by atoms with Crippen molar-refractivity contribution in [3.8, 4) is 0 Å². The molecule has 0 bridgehead atoms. The van der Waals surface area contributed by atoms with Crippen LogP contribution < -0.4 is 4.90 Å². The fourth-order valence-electron chi connectivity index (χ4n) is 1.84. The van der Waals surface area contributed by atoms with E-state index in [-0.39, 0.29) is 10.4 Å². The SMILES string of the molecule is Clc1cnc2c(N3CCOCC3)nc(Cl)nc2n1. The fourth-order valence-corrected chi connectivity index (χ4v) is 2.13. The van der Waals surface area contributed by atoms with E-state index in [4.69, 9.17) is 27.9 Å². The van der Waals surface area contributed by atoms with Gasteiger partial charge in [-0.1, -0.05) is 11.6 Å². The first-order valence-electron chi connectivity index (χ1n) is 5.42. The second kappa shape index (κ2) is 4.79. The Morgan fingerprint density at radius 3 is 2.67 bits per heavy atom. The number of ether oxygens (including phenoxy) is 1. The zero-order valence-electron chi connectivity index (χ0n) is 9.31. The molecule has 0 spiro atoms. The third-order valence-corrected chi connectivity index (χ3v) is 2.99. The maximum absolute atomic E-state index is 5.90. The Kier molecular flexibility index (Phi) is 3.15. The minimum Gasteiger partial charge on any atom is -0.378 e. The van der Waals surface area contributed by atoms with Crippen LogP contribution in [0.1, 0.15) is 0 Å². The number of morpholine rings is 1. The smallest absolute Gasteiger partial charge is 0.226 e. The van der Waals surface area contributed by atoms with Crippen molar-refractivity contribution in [2.24, 2.45) is 0 Å². The Balaban J connectivity index is 2.14. The summed E-state index contributed by atoms with van der Waals surface area (Å²) in [4.78, 5) is 18.7.